The number of nitrogens with zero attached hydrogens (tertiary/aromatic N) is 2. The fraction of sp³-hybridized carbons (Fsp3) is 0.875. The number of hydrogen-bond acceptors (Lipinski definition) is 2. The summed E-state index contributed by atoms with van der Waals surface area (Å²) in [5, 5.41) is 8.71. The average Bonchev–Trinajstić information content (AvgIpc) is 2.17. The zero-order valence-corrected chi connectivity index (χ0v) is 7.49. The van der Waals surface area contributed by atoms with Crippen LogP contribution in [0.4, 0.5) is 4.79 Å². The molecule has 1 N–H and O–H groups in total. The van der Waals surface area contributed by atoms with Crippen molar-refractivity contribution in [2.45, 2.75) is 19.3 Å². The molecule has 0 radical (unpaired) electrons. The third kappa shape index (κ3) is 2.11. The quantitative estimate of drug-likeness (QED) is 0.584. The van der Waals surface area contributed by atoms with Crippen LogP contribution in [0, 0.1) is 0 Å². The van der Waals surface area contributed by atoms with Crippen molar-refractivity contribution < 1.29 is 9.90 Å². The molecule has 1 fully saturated rings. The largest absolute Gasteiger partial charge is 0.376 e. The first kappa shape index (κ1) is 9.32. The number of carbonyl (C=O) groups excluding carboxylic acids is 1. The van der Waals surface area contributed by atoms with Gasteiger partial charge in [0.25, 0.3) is 0 Å². The Labute approximate surface area is 72.8 Å². The number of aliphatic hydroxyl groups is 1. The Morgan fingerprint density at radius 3 is 2.50 bits per heavy atom. The maximum atomic E-state index is 11.4. The van der Waals surface area contributed by atoms with Crippen molar-refractivity contribution in [2.24, 2.45) is 0 Å². The molecule has 12 heavy (non-hydrogen) atoms. The first-order valence-electron chi connectivity index (χ1n) is 4.36. The summed E-state index contributed by atoms with van der Waals surface area (Å²) in [6.07, 6.45) is 3.39. The van der Waals surface area contributed by atoms with Gasteiger partial charge < -0.3 is 14.9 Å². The van der Waals surface area contributed by atoms with Crippen molar-refractivity contribution in [1.29, 1.82) is 0 Å². The molecular weight excluding hydrogens is 156 g/mol. The lowest BCUT2D eigenvalue weighted by Crippen LogP contribution is -2.43. The summed E-state index contributed by atoms with van der Waals surface area (Å²) in [6, 6.07) is -0.0581. The van der Waals surface area contributed by atoms with Crippen LogP contribution in [0.15, 0.2) is 0 Å². The highest BCUT2D eigenvalue weighted by molar-refractivity contribution is 5.74. The minimum absolute atomic E-state index is 0.0581. The summed E-state index contributed by atoms with van der Waals surface area (Å²) in [5.41, 5.74) is 0. The molecule has 0 aliphatic carbocycles. The second-order valence-corrected chi connectivity index (χ2v) is 3.17. The maximum absolute atomic E-state index is 11.4. The van der Waals surface area contributed by atoms with E-state index in [1.165, 1.54) is 11.3 Å². The number of aliphatic hydroxyl groups excluding tert-OH is 1. The third-order valence-electron chi connectivity index (χ3n) is 2.17. The summed E-state index contributed by atoms with van der Waals surface area (Å²) >= 11 is 0. The van der Waals surface area contributed by atoms with Gasteiger partial charge in [-0.3, -0.25) is 0 Å². The van der Waals surface area contributed by atoms with Crippen molar-refractivity contribution in [3.8, 4) is 0 Å². The van der Waals surface area contributed by atoms with Crippen LogP contribution in [-0.2, 0) is 0 Å². The zero-order valence-electron chi connectivity index (χ0n) is 7.49. The van der Waals surface area contributed by atoms with Gasteiger partial charge in [0.2, 0.25) is 0 Å². The van der Waals surface area contributed by atoms with E-state index in [-0.39, 0.29) is 12.8 Å². The predicted octanol–water partition coefficient (Wildman–Crippen LogP) is 0.474. The van der Waals surface area contributed by atoms with E-state index in [9.17, 15) is 4.79 Å². The molecule has 0 aromatic carbocycles. The Morgan fingerprint density at radius 1 is 1.42 bits per heavy atom. The minimum atomic E-state index is -0.199. The first-order valence-corrected chi connectivity index (χ1v) is 4.36. The van der Waals surface area contributed by atoms with Crippen LogP contribution in [0.1, 0.15) is 19.3 Å². The van der Waals surface area contributed by atoms with Gasteiger partial charge in [-0.05, 0) is 19.3 Å². The molecule has 0 aromatic heterocycles. The Balaban J connectivity index is 2.39. The van der Waals surface area contributed by atoms with E-state index in [0.29, 0.717) is 0 Å². The van der Waals surface area contributed by atoms with Crippen molar-refractivity contribution in [3.63, 3.8) is 0 Å². The van der Waals surface area contributed by atoms with E-state index in [1.54, 1.807) is 11.9 Å². The maximum Gasteiger partial charge on any atom is 0.321 e. The molecule has 0 spiro atoms. The molecule has 4 heteroatoms. The standard InChI is InChI=1S/C8H16N2O2/c1-9(7-11)8(12)10-5-3-2-4-6-10/h11H,2-7H2,1H3. The van der Waals surface area contributed by atoms with Gasteiger partial charge >= 0.3 is 6.03 Å². The van der Waals surface area contributed by atoms with Gasteiger partial charge in [-0.2, -0.15) is 0 Å². The Kier molecular flexibility index (Phi) is 3.34. The van der Waals surface area contributed by atoms with Crippen molar-refractivity contribution in [1.82, 2.24) is 9.80 Å². The monoisotopic (exact) mass is 172 g/mol. The van der Waals surface area contributed by atoms with E-state index in [0.717, 1.165) is 25.9 Å². The van der Waals surface area contributed by atoms with Crippen molar-refractivity contribution in [2.75, 3.05) is 26.9 Å². The van der Waals surface area contributed by atoms with Gasteiger partial charge in [-0.25, -0.2) is 4.79 Å². The lowest BCUT2D eigenvalue weighted by atomic mass is 10.1. The van der Waals surface area contributed by atoms with Crippen LogP contribution in [0.3, 0.4) is 0 Å². The van der Waals surface area contributed by atoms with Gasteiger partial charge in [0.1, 0.15) is 6.73 Å². The molecule has 0 aromatic rings. The molecule has 1 aliphatic rings. The summed E-state index contributed by atoms with van der Waals surface area (Å²) in [5.74, 6) is 0. The van der Waals surface area contributed by atoms with Gasteiger partial charge in [0.15, 0.2) is 0 Å². The smallest absolute Gasteiger partial charge is 0.321 e. The van der Waals surface area contributed by atoms with Gasteiger partial charge in [-0.15, -0.1) is 0 Å². The second kappa shape index (κ2) is 4.30. The molecule has 0 saturated carbocycles. The zero-order chi connectivity index (χ0) is 8.97. The molecule has 4 nitrogen and oxygen atoms in total. The van der Waals surface area contributed by atoms with E-state index in [1.807, 2.05) is 0 Å². The number of amides is 2. The van der Waals surface area contributed by atoms with Gasteiger partial charge in [-0.1, -0.05) is 0 Å². The van der Waals surface area contributed by atoms with Crippen LogP contribution >= 0.6 is 0 Å². The average molecular weight is 172 g/mol. The Morgan fingerprint density at radius 2 is 2.00 bits per heavy atom. The lowest BCUT2D eigenvalue weighted by molar-refractivity contribution is 0.106. The molecule has 0 unspecified atom stereocenters. The van der Waals surface area contributed by atoms with Crippen LogP contribution in [0.25, 0.3) is 0 Å². The number of urea groups is 1. The second-order valence-electron chi connectivity index (χ2n) is 3.17. The fourth-order valence-electron chi connectivity index (χ4n) is 1.39. The summed E-state index contributed by atoms with van der Waals surface area (Å²) in [4.78, 5) is 14.5. The van der Waals surface area contributed by atoms with Crippen LogP contribution in [0.5, 0.6) is 0 Å². The Bertz CT molecular complexity index is 155. The number of likely N-dealkylation sites (tertiary alicyclic amines) is 1. The summed E-state index contributed by atoms with van der Waals surface area (Å²) in [6.45, 7) is 1.47. The first-order chi connectivity index (χ1) is 5.75. The minimum Gasteiger partial charge on any atom is -0.376 e. The normalized spacial score (nSPS) is 17.7. The van der Waals surface area contributed by atoms with Crippen molar-refractivity contribution >= 4 is 6.03 Å². The molecule has 1 heterocycles. The highest BCUT2D eigenvalue weighted by atomic mass is 16.3. The molecule has 1 aliphatic heterocycles. The number of carbonyl (C=O) groups is 1. The summed E-state index contributed by atoms with van der Waals surface area (Å²) < 4.78 is 0. The lowest BCUT2D eigenvalue weighted by Gasteiger charge is -2.29. The highest BCUT2D eigenvalue weighted by Gasteiger charge is 2.18. The number of hydrogen-bond donors (Lipinski definition) is 1. The van der Waals surface area contributed by atoms with E-state index >= 15 is 0 Å². The molecule has 0 bridgehead atoms. The molecule has 1 rings (SSSR count). The number of piperidine rings is 1. The van der Waals surface area contributed by atoms with E-state index in [4.69, 9.17) is 5.11 Å². The van der Waals surface area contributed by atoms with Gasteiger partial charge in [0, 0.05) is 20.1 Å². The molecular formula is C8H16N2O2. The number of rotatable bonds is 1. The van der Waals surface area contributed by atoms with Crippen LogP contribution in [-0.4, -0.2) is 47.8 Å². The molecule has 2 amide bonds. The van der Waals surface area contributed by atoms with Crippen LogP contribution < -0.4 is 0 Å². The molecule has 70 valence electrons. The molecule has 1 saturated heterocycles. The SMILES string of the molecule is CN(CO)C(=O)N1CCCCC1. The molecule has 0 atom stereocenters. The van der Waals surface area contributed by atoms with E-state index in [2.05, 4.69) is 0 Å². The van der Waals surface area contributed by atoms with Crippen molar-refractivity contribution in [3.05, 3.63) is 0 Å². The predicted molar refractivity (Wildman–Crippen MR) is 45.7 cm³/mol. The summed E-state index contributed by atoms with van der Waals surface area (Å²) in [7, 11) is 1.61. The van der Waals surface area contributed by atoms with E-state index < -0.39 is 0 Å². The van der Waals surface area contributed by atoms with Crippen LogP contribution in [0.2, 0.25) is 0 Å². The topological polar surface area (TPSA) is 43.8 Å². The highest BCUT2D eigenvalue weighted by Crippen LogP contribution is 2.09. The Hall–Kier alpha value is -0.770. The van der Waals surface area contributed by atoms with Gasteiger partial charge in [0.05, 0.1) is 0 Å². The fourth-order valence-corrected chi connectivity index (χ4v) is 1.39. The third-order valence-corrected chi connectivity index (χ3v) is 2.17.